The molecular weight excluding hydrogens is 190 g/mol. The smallest absolute Gasteiger partial charge is 0.174 e. The van der Waals surface area contributed by atoms with Gasteiger partial charge in [0.25, 0.3) is 0 Å². The Balaban J connectivity index is 2.15. The van der Waals surface area contributed by atoms with Crippen LogP contribution < -0.4 is 0 Å². The number of phenolic OH excluding ortho intramolecular Hbond substituents is 1. The third-order valence-electron chi connectivity index (χ3n) is 1.77. The van der Waals surface area contributed by atoms with E-state index >= 15 is 0 Å². The number of benzene rings is 1. The van der Waals surface area contributed by atoms with Crippen LogP contribution in [0.3, 0.4) is 0 Å². The number of hydrogen-bond acceptors (Lipinski definition) is 4. The fourth-order valence-corrected chi connectivity index (χ4v) is 1.04. The van der Waals surface area contributed by atoms with Crippen LogP contribution in [0.4, 0.5) is 11.5 Å². The number of nitrogens with zero attached hydrogens (tertiary/aromatic N) is 3. The normalized spacial score (nSPS) is 10.7. The van der Waals surface area contributed by atoms with Crippen molar-refractivity contribution in [2.24, 2.45) is 10.2 Å². The van der Waals surface area contributed by atoms with Gasteiger partial charge in [0.1, 0.15) is 5.75 Å². The van der Waals surface area contributed by atoms with Crippen molar-refractivity contribution >= 4 is 11.5 Å². The quantitative estimate of drug-likeness (QED) is 0.755. The Kier molecular flexibility index (Phi) is 2.69. The maximum Gasteiger partial charge on any atom is 0.174 e. The van der Waals surface area contributed by atoms with E-state index in [1.54, 1.807) is 36.5 Å². The number of hydrogen-bond donors (Lipinski definition) is 1. The molecule has 0 atom stereocenters. The average molecular weight is 199 g/mol. The SMILES string of the molecule is Oc1ccc(/N=N/c2ccccn2)cc1. The molecule has 0 amide bonds. The van der Waals surface area contributed by atoms with Crippen molar-refractivity contribution in [1.82, 2.24) is 4.98 Å². The van der Waals surface area contributed by atoms with Crippen molar-refractivity contribution in [2.75, 3.05) is 0 Å². The van der Waals surface area contributed by atoms with Crippen LogP contribution in [-0.2, 0) is 0 Å². The van der Waals surface area contributed by atoms with E-state index in [4.69, 9.17) is 5.11 Å². The zero-order valence-electron chi connectivity index (χ0n) is 7.91. The van der Waals surface area contributed by atoms with Gasteiger partial charge < -0.3 is 5.11 Å². The summed E-state index contributed by atoms with van der Waals surface area (Å²) in [5.74, 6) is 0.775. The second-order valence-electron chi connectivity index (χ2n) is 2.90. The van der Waals surface area contributed by atoms with Crippen molar-refractivity contribution in [3.8, 4) is 5.75 Å². The van der Waals surface area contributed by atoms with Gasteiger partial charge in [-0.1, -0.05) is 6.07 Å². The van der Waals surface area contributed by atoms with Crippen molar-refractivity contribution in [3.63, 3.8) is 0 Å². The minimum atomic E-state index is 0.215. The van der Waals surface area contributed by atoms with Crippen molar-refractivity contribution < 1.29 is 5.11 Å². The van der Waals surface area contributed by atoms with Crippen molar-refractivity contribution in [3.05, 3.63) is 48.7 Å². The number of phenols is 1. The summed E-state index contributed by atoms with van der Waals surface area (Å²) in [6.45, 7) is 0. The molecule has 1 aromatic carbocycles. The Bertz CT molecular complexity index is 451. The fraction of sp³-hybridized carbons (Fsp3) is 0. The predicted octanol–water partition coefficient (Wildman–Crippen LogP) is 3.20. The molecule has 0 radical (unpaired) electrons. The number of rotatable bonds is 2. The van der Waals surface area contributed by atoms with Crippen LogP contribution in [0.1, 0.15) is 0 Å². The highest BCUT2D eigenvalue weighted by Gasteiger charge is 1.90. The molecule has 74 valence electrons. The summed E-state index contributed by atoms with van der Waals surface area (Å²) >= 11 is 0. The first-order chi connectivity index (χ1) is 7.34. The van der Waals surface area contributed by atoms with Gasteiger partial charge >= 0.3 is 0 Å². The molecule has 1 N–H and O–H groups in total. The maximum absolute atomic E-state index is 9.06. The molecule has 4 nitrogen and oxygen atoms in total. The lowest BCUT2D eigenvalue weighted by Crippen LogP contribution is -1.69. The standard InChI is InChI=1S/C11H9N3O/c15-10-6-4-9(5-7-10)13-14-11-3-1-2-8-12-11/h1-8,15H/b14-13+. The summed E-state index contributed by atoms with van der Waals surface area (Å²) < 4.78 is 0. The van der Waals surface area contributed by atoms with E-state index in [2.05, 4.69) is 15.2 Å². The number of pyridine rings is 1. The minimum absolute atomic E-state index is 0.215. The first-order valence-electron chi connectivity index (χ1n) is 4.46. The van der Waals surface area contributed by atoms with E-state index < -0.39 is 0 Å². The summed E-state index contributed by atoms with van der Waals surface area (Å²) in [5.41, 5.74) is 0.679. The molecular formula is C11H9N3O. The average Bonchev–Trinajstić information content (AvgIpc) is 2.30. The van der Waals surface area contributed by atoms with E-state index in [0.717, 1.165) is 0 Å². The fourth-order valence-electron chi connectivity index (χ4n) is 1.04. The largest absolute Gasteiger partial charge is 0.508 e. The molecule has 15 heavy (non-hydrogen) atoms. The minimum Gasteiger partial charge on any atom is -0.508 e. The van der Waals surface area contributed by atoms with Gasteiger partial charge in [-0.25, -0.2) is 4.98 Å². The van der Waals surface area contributed by atoms with Crippen LogP contribution >= 0.6 is 0 Å². The van der Waals surface area contributed by atoms with E-state index in [9.17, 15) is 0 Å². The molecule has 2 rings (SSSR count). The van der Waals surface area contributed by atoms with Gasteiger partial charge in [-0.15, -0.1) is 10.2 Å². The van der Waals surface area contributed by atoms with E-state index in [1.807, 2.05) is 12.1 Å². The summed E-state index contributed by atoms with van der Waals surface area (Å²) in [6, 6.07) is 11.9. The highest BCUT2D eigenvalue weighted by atomic mass is 16.3. The topological polar surface area (TPSA) is 57.8 Å². The monoisotopic (exact) mass is 199 g/mol. The Labute approximate surface area is 86.9 Å². The molecule has 0 unspecified atom stereocenters. The highest BCUT2D eigenvalue weighted by Crippen LogP contribution is 2.18. The zero-order valence-corrected chi connectivity index (χ0v) is 7.91. The van der Waals surface area contributed by atoms with Crippen LogP contribution in [0.5, 0.6) is 5.75 Å². The molecule has 0 aliphatic carbocycles. The molecule has 0 fully saturated rings. The molecule has 0 bridgehead atoms. The van der Waals surface area contributed by atoms with Crippen LogP contribution in [0.15, 0.2) is 58.9 Å². The van der Waals surface area contributed by atoms with Crippen LogP contribution in [0.25, 0.3) is 0 Å². The van der Waals surface area contributed by atoms with Crippen LogP contribution in [0, 0.1) is 0 Å². The summed E-state index contributed by atoms with van der Waals surface area (Å²) in [4.78, 5) is 4.00. The van der Waals surface area contributed by atoms with Gasteiger partial charge in [-0.2, -0.15) is 0 Å². The molecule has 1 heterocycles. The van der Waals surface area contributed by atoms with E-state index in [-0.39, 0.29) is 5.75 Å². The van der Waals surface area contributed by atoms with E-state index in [0.29, 0.717) is 11.5 Å². The first kappa shape index (κ1) is 9.33. The van der Waals surface area contributed by atoms with Gasteiger partial charge in [0, 0.05) is 6.20 Å². The predicted molar refractivity (Wildman–Crippen MR) is 56.5 cm³/mol. The molecule has 0 aliphatic rings. The summed E-state index contributed by atoms with van der Waals surface area (Å²) in [5, 5.41) is 17.0. The molecule has 2 aromatic rings. The van der Waals surface area contributed by atoms with Crippen molar-refractivity contribution in [1.29, 1.82) is 0 Å². The maximum atomic E-state index is 9.06. The lowest BCUT2D eigenvalue weighted by molar-refractivity contribution is 0.475. The molecule has 4 heteroatoms. The van der Waals surface area contributed by atoms with Crippen molar-refractivity contribution in [2.45, 2.75) is 0 Å². The second-order valence-corrected chi connectivity index (χ2v) is 2.90. The Hall–Kier alpha value is -2.23. The number of aromatic hydroxyl groups is 1. The molecule has 0 aliphatic heterocycles. The molecule has 1 aromatic heterocycles. The third kappa shape index (κ3) is 2.60. The van der Waals surface area contributed by atoms with Gasteiger partial charge in [0.2, 0.25) is 0 Å². The third-order valence-corrected chi connectivity index (χ3v) is 1.77. The first-order valence-corrected chi connectivity index (χ1v) is 4.46. The number of azo groups is 1. The lowest BCUT2D eigenvalue weighted by atomic mass is 10.3. The zero-order chi connectivity index (χ0) is 10.5. The van der Waals surface area contributed by atoms with Crippen LogP contribution in [0.2, 0.25) is 0 Å². The Morgan fingerprint density at radius 2 is 1.73 bits per heavy atom. The Morgan fingerprint density at radius 1 is 0.933 bits per heavy atom. The second kappa shape index (κ2) is 4.32. The molecule has 0 spiro atoms. The summed E-state index contributed by atoms with van der Waals surface area (Å²) in [6.07, 6.45) is 1.66. The van der Waals surface area contributed by atoms with Gasteiger partial charge in [0.05, 0.1) is 5.69 Å². The van der Waals surface area contributed by atoms with Crippen LogP contribution in [-0.4, -0.2) is 10.1 Å². The van der Waals surface area contributed by atoms with Gasteiger partial charge in [0.15, 0.2) is 5.82 Å². The highest BCUT2D eigenvalue weighted by molar-refractivity contribution is 5.40. The van der Waals surface area contributed by atoms with Gasteiger partial charge in [-0.05, 0) is 36.4 Å². The lowest BCUT2D eigenvalue weighted by Gasteiger charge is -1.92. The molecule has 0 saturated carbocycles. The molecule has 0 saturated heterocycles. The van der Waals surface area contributed by atoms with Gasteiger partial charge in [-0.3, -0.25) is 0 Å². The van der Waals surface area contributed by atoms with E-state index in [1.165, 1.54) is 0 Å². The summed E-state index contributed by atoms with van der Waals surface area (Å²) in [7, 11) is 0. The number of aromatic nitrogens is 1. The Morgan fingerprint density at radius 3 is 2.40 bits per heavy atom.